The monoisotopic (exact) mass is 202 g/mol. The van der Waals surface area contributed by atoms with Crippen LogP contribution in [0, 0.1) is 0 Å². The molecule has 0 aliphatic carbocycles. The fourth-order valence-electron chi connectivity index (χ4n) is 1.66. The van der Waals surface area contributed by atoms with Gasteiger partial charge in [-0.05, 0) is 26.9 Å². The van der Waals surface area contributed by atoms with Crippen LogP contribution in [0.2, 0.25) is 0 Å². The van der Waals surface area contributed by atoms with Crippen LogP contribution in [-0.4, -0.2) is 50.3 Å². The Balaban J connectivity index is 3.89. The summed E-state index contributed by atoms with van der Waals surface area (Å²) in [5.74, 6) is 0. The number of methoxy groups -OCH3 is 1. The lowest BCUT2D eigenvalue weighted by Crippen LogP contribution is -2.49. The predicted octanol–water partition coefficient (Wildman–Crippen LogP) is 1.34. The second kappa shape index (κ2) is 7.21. The molecule has 0 aromatic carbocycles. The summed E-state index contributed by atoms with van der Waals surface area (Å²) in [7, 11) is 1.75. The van der Waals surface area contributed by atoms with E-state index in [4.69, 9.17) is 4.74 Å². The zero-order chi connectivity index (χ0) is 11.0. The van der Waals surface area contributed by atoms with E-state index in [2.05, 4.69) is 37.9 Å². The molecule has 0 fully saturated rings. The van der Waals surface area contributed by atoms with Gasteiger partial charge in [-0.1, -0.05) is 13.8 Å². The van der Waals surface area contributed by atoms with Gasteiger partial charge < -0.3 is 10.1 Å². The highest BCUT2D eigenvalue weighted by molar-refractivity contribution is 4.80. The van der Waals surface area contributed by atoms with Gasteiger partial charge in [0.1, 0.15) is 0 Å². The van der Waals surface area contributed by atoms with E-state index in [1.807, 2.05) is 0 Å². The smallest absolute Gasteiger partial charge is 0.0589 e. The van der Waals surface area contributed by atoms with E-state index in [0.29, 0.717) is 0 Å². The summed E-state index contributed by atoms with van der Waals surface area (Å²) >= 11 is 0. The molecule has 0 aliphatic rings. The van der Waals surface area contributed by atoms with Crippen molar-refractivity contribution >= 4 is 0 Å². The highest BCUT2D eigenvalue weighted by atomic mass is 16.5. The molecular formula is C11H26N2O. The Morgan fingerprint density at radius 1 is 1.29 bits per heavy atom. The summed E-state index contributed by atoms with van der Waals surface area (Å²) < 4.78 is 5.09. The molecule has 0 radical (unpaired) electrons. The van der Waals surface area contributed by atoms with Gasteiger partial charge in [0.15, 0.2) is 0 Å². The topological polar surface area (TPSA) is 24.5 Å². The fraction of sp³-hybridized carbons (Fsp3) is 1.00. The Morgan fingerprint density at radius 3 is 2.36 bits per heavy atom. The van der Waals surface area contributed by atoms with Crippen molar-refractivity contribution in [2.45, 2.75) is 33.2 Å². The maximum atomic E-state index is 5.09. The predicted molar refractivity (Wildman–Crippen MR) is 61.7 cm³/mol. The third kappa shape index (κ3) is 6.35. The fourth-order valence-corrected chi connectivity index (χ4v) is 1.66. The zero-order valence-electron chi connectivity index (χ0n) is 10.4. The minimum absolute atomic E-state index is 0.193. The largest absolute Gasteiger partial charge is 0.383 e. The summed E-state index contributed by atoms with van der Waals surface area (Å²) in [5, 5.41) is 3.48. The van der Waals surface area contributed by atoms with Crippen molar-refractivity contribution in [2.75, 3.05) is 39.9 Å². The summed E-state index contributed by atoms with van der Waals surface area (Å²) in [6.45, 7) is 13.8. The number of hydrogen-bond donors (Lipinski definition) is 1. The molecule has 0 heterocycles. The Bertz CT molecular complexity index is 137. The molecule has 0 spiro atoms. The van der Waals surface area contributed by atoms with Gasteiger partial charge in [0.2, 0.25) is 0 Å². The van der Waals surface area contributed by atoms with Gasteiger partial charge in [-0.25, -0.2) is 0 Å². The third-order valence-corrected chi connectivity index (χ3v) is 2.33. The van der Waals surface area contributed by atoms with Crippen molar-refractivity contribution < 1.29 is 4.74 Å². The number of ether oxygens (including phenoxy) is 1. The minimum Gasteiger partial charge on any atom is -0.383 e. The van der Waals surface area contributed by atoms with Crippen molar-refractivity contribution in [1.29, 1.82) is 0 Å². The van der Waals surface area contributed by atoms with Gasteiger partial charge >= 0.3 is 0 Å². The number of hydrogen-bond acceptors (Lipinski definition) is 3. The van der Waals surface area contributed by atoms with Crippen LogP contribution in [0.1, 0.15) is 27.7 Å². The van der Waals surface area contributed by atoms with E-state index in [1.54, 1.807) is 7.11 Å². The second-order valence-electron chi connectivity index (χ2n) is 4.28. The molecule has 0 unspecified atom stereocenters. The Kier molecular flexibility index (Phi) is 7.15. The molecule has 0 saturated heterocycles. The van der Waals surface area contributed by atoms with Crippen LogP contribution in [0.3, 0.4) is 0 Å². The van der Waals surface area contributed by atoms with Crippen LogP contribution in [0.4, 0.5) is 0 Å². The highest BCUT2D eigenvalue weighted by Gasteiger charge is 2.19. The second-order valence-corrected chi connectivity index (χ2v) is 4.28. The van der Waals surface area contributed by atoms with Gasteiger partial charge in [0.05, 0.1) is 6.61 Å². The van der Waals surface area contributed by atoms with Crippen LogP contribution in [0.5, 0.6) is 0 Å². The first-order chi connectivity index (χ1) is 6.55. The Hall–Kier alpha value is -0.120. The molecule has 1 N–H and O–H groups in total. The quantitative estimate of drug-likeness (QED) is 0.643. The molecular weight excluding hydrogens is 176 g/mol. The minimum atomic E-state index is 0.193. The van der Waals surface area contributed by atoms with Gasteiger partial charge in [0.25, 0.3) is 0 Å². The lowest BCUT2D eigenvalue weighted by molar-refractivity contribution is 0.132. The number of nitrogens with one attached hydrogen (secondary N) is 1. The molecule has 0 bridgehead atoms. The molecule has 0 amide bonds. The van der Waals surface area contributed by atoms with E-state index >= 15 is 0 Å². The van der Waals surface area contributed by atoms with Crippen LogP contribution in [0.25, 0.3) is 0 Å². The molecule has 14 heavy (non-hydrogen) atoms. The first kappa shape index (κ1) is 13.9. The Labute approximate surface area is 88.8 Å². The molecule has 0 atom stereocenters. The first-order valence-corrected chi connectivity index (χ1v) is 5.52. The lowest BCUT2D eigenvalue weighted by Gasteiger charge is -2.32. The van der Waals surface area contributed by atoms with Crippen molar-refractivity contribution in [3.05, 3.63) is 0 Å². The van der Waals surface area contributed by atoms with Gasteiger partial charge in [-0.3, -0.25) is 4.90 Å². The van der Waals surface area contributed by atoms with Gasteiger partial charge in [-0.2, -0.15) is 0 Å². The SMILES string of the molecule is CCNC(C)(C)CN(CC)CCOC. The van der Waals surface area contributed by atoms with Crippen molar-refractivity contribution in [3.63, 3.8) is 0 Å². The number of likely N-dealkylation sites (N-methyl/N-ethyl adjacent to an activating group) is 2. The van der Waals surface area contributed by atoms with Crippen LogP contribution < -0.4 is 5.32 Å². The maximum absolute atomic E-state index is 5.09. The Morgan fingerprint density at radius 2 is 1.93 bits per heavy atom. The normalized spacial score (nSPS) is 12.4. The van der Waals surface area contributed by atoms with Crippen molar-refractivity contribution in [1.82, 2.24) is 10.2 Å². The molecule has 3 heteroatoms. The number of nitrogens with zero attached hydrogens (tertiary/aromatic N) is 1. The average Bonchev–Trinajstić information content (AvgIpc) is 2.12. The summed E-state index contributed by atoms with van der Waals surface area (Å²) in [4.78, 5) is 2.41. The summed E-state index contributed by atoms with van der Waals surface area (Å²) in [5.41, 5.74) is 0.193. The van der Waals surface area contributed by atoms with E-state index in [9.17, 15) is 0 Å². The molecule has 0 saturated carbocycles. The standard InChI is InChI=1S/C11H26N2O/c1-6-12-11(3,4)10-13(7-2)8-9-14-5/h12H,6-10H2,1-5H3. The maximum Gasteiger partial charge on any atom is 0.0589 e. The van der Waals surface area contributed by atoms with Gasteiger partial charge in [-0.15, -0.1) is 0 Å². The molecule has 0 aromatic rings. The molecule has 86 valence electrons. The van der Waals surface area contributed by atoms with E-state index < -0.39 is 0 Å². The average molecular weight is 202 g/mol. The third-order valence-electron chi connectivity index (χ3n) is 2.33. The molecule has 0 aliphatic heterocycles. The zero-order valence-corrected chi connectivity index (χ0v) is 10.4. The molecule has 0 aromatic heterocycles. The summed E-state index contributed by atoms with van der Waals surface area (Å²) in [6.07, 6.45) is 0. The van der Waals surface area contributed by atoms with E-state index in [0.717, 1.165) is 32.8 Å². The van der Waals surface area contributed by atoms with Crippen LogP contribution in [-0.2, 0) is 4.74 Å². The molecule has 3 nitrogen and oxygen atoms in total. The highest BCUT2D eigenvalue weighted by Crippen LogP contribution is 2.04. The van der Waals surface area contributed by atoms with Crippen molar-refractivity contribution in [2.24, 2.45) is 0 Å². The molecule has 0 rings (SSSR count). The number of rotatable bonds is 8. The van der Waals surface area contributed by atoms with Gasteiger partial charge in [0, 0.05) is 25.7 Å². The van der Waals surface area contributed by atoms with Crippen LogP contribution >= 0.6 is 0 Å². The van der Waals surface area contributed by atoms with Crippen molar-refractivity contribution in [3.8, 4) is 0 Å². The lowest BCUT2D eigenvalue weighted by atomic mass is 10.1. The van der Waals surface area contributed by atoms with E-state index in [-0.39, 0.29) is 5.54 Å². The van der Waals surface area contributed by atoms with Crippen LogP contribution in [0.15, 0.2) is 0 Å². The van der Waals surface area contributed by atoms with E-state index in [1.165, 1.54) is 0 Å². The summed E-state index contributed by atoms with van der Waals surface area (Å²) in [6, 6.07) is 0. The first-order valence-electron chi connectivity index (χ1n) is 5.52.